The topological polar surface area (TPSA) is 24.1 Å². The summed E-state index contributed by atoms with van der Waals surface area (Å²) in [5.41, 5.74) is 0. The zero-order valence-corrected chi connectivity index (χ0v) is 18.5. The van der Waals surface area contributed by atoms with Crippen LogP contribution >= 0.6 is 0 Å². The van der Waals surface area contributed by atoms with Gasteiger partial charge in [0.1, 0.15) is 0 Å². The maximum absolute atomic E-state index is 3.66. The Morgan fingerprint density at radius 1 is 0.500 bits per heavy atom. The SMILES string of the molecule is CCCCCCC=C(NCCCCCCCC)NCCCCCCCC. The number of unbranched alkanes of at least 4 members (excludes halogenated alkanes) is 14. The normalized spacial score (nSPS) is 10.7. The smallest absolute Gasteiger partial charge is 0.0945 e. The van der Waals surface area contributed by atoms with Gasteiger partial charge in [-0.2, -0.15) is 0 Å². The number of rotatable bonds is 21. The van der Waals surface area contributed by atoms with Crippen molar-refractivity contribution in [1.82, 2.24) is 10.6 Å². The van der Waals surface area contributed by atoms with E-state index in [1.165, 1.54) is 115 Å². The molecule has 2 nitrogen and oxygen atoms in total. The van der Waals surface area contributed by atoms with Gasteiger partial charge >= 0.3 is 0 Å². The molecule has 0 rings (SSSR count). The highest BCUT2D eigenvalue weighted by molar-refractivity contribution is 4.97. The zero-order chi connectivity index (χ0) is 19.1. The number of allylic oxidation sites excluding steroid dienone is 1. The van der Waals surface area contributed by atoms with Crippen molar-refractivity contribution >= 4 is 0 Å². The monoisotopic (exact) mass is 366 g/mol. The van der Waals surface area contributed by atoms with Crippen molar-refractivity contribution in [1.29, 1.82) is 0 Å². The Morgan fingerprint density at radius 3 is 1.35 bits per heavy atom. The zero-order valence-electron chi connectivity index (χ0n) is 18.5. The van der Waals surface area contributed by atoms with Gasteiger partial charge < -0.3 is 10.6 Å². The highest BCUT2D eigenvalue weighted by Gasteiger charge is 1.97. The highest BCUT2D eigenvalue weighted by atomic mass is 15.1. The molecule has 0 aromatic heterocycles. The van der Waals surface area contributed by atoms with Gasteiger partial charge in [0.25, 0.3) is 0 Å². The van der Waals surface area contributed by atoms with E-state index >= 15 is 0 Å². The predicted molar refractivity (Wildman–Crippen MR) is 120 cm³/mol. The molecule has 0 aromatic rings. The van der Waals surface area contributed by atoms with E-state index < -0.39 is 0 Å². The molecule has 0 radical (unpaired) electrons. The van der Waals surface area contributed by atoms with E-state index in [0.29, 0.717) is 0 Å². The third-order valence-electron chi connectivity index (χ3n) is 5.10. The van der Waals surface area contributed by atoms with Crippen molar-refractivity contribution in [3.63, 3.8) is 0 Å². The van der Waals surface area contributed by atoms with Gasteiger partial charge in [-0.15, -0.1) is 0 Å². The van der Waals surface area contributed by atoms with Crippen molar-refractivity contribution in [2.24, 2.45) is 0 Å². The van der Waals surface area contributed by atoms with E-state index in [1.54, 1.807) is 0 Å². The molecule has 0 amide bonds. The fourth-order valence-electron chi connectivity index (χ4n) is 3.28. The van der Waals surface area contributed by atoms with Crippen LogP contribution in [0.25, 0.3) is 0 Å². The fourth-order valence-corrected chi connectivity index (χ4v) is 3.28. The van der Waals surface area contributed by atoms with E-state index in [9.17, 15) is 0 Å². The van der Waals surface area contributed by atoms with Crippen LogP contribution in [0, 0.1) is 0 Å². The van der Waals surface area contributed by atoms with Crippen molar-refractivity contribution in [2.75, 3.05) is 13.1 Å². The summed E-state index contributed by atoms with van der Waals surface area (Å²) >= 11 is 0. The lowest BCUT2D eigenvalue weighted by molar-refractivity contribution is 0.560. The summed E-state index contributed by atoms with van der Waals surface area (Å²) in [5.74, 6) is 1.30. The Balaban J connectivity index is 3.87. The van der Waals surface area contributed by atoms with E-state index in [0.717, 1.165) is 13.1 Å². The number of nitrogens with one attached hydrogen (secondary N) is 2. The minimum atomic E-state index is 1.12. The quantitative estimate of drug-likeness (QED) is 0.203. The second-order valence-corrected chi connectivity index (χ2v) is 7.86. The first-order valence-electron chi connectivity index (χ1n) is 12.0. The molecular formula is C24H50N2. The summed E-state index contributed by atoms with van der Waals surface area (Å²) in [6.45, 7) is 9.10. The average molecular weight is 367 g/mol. The van der Waals surface area contributed by atoms with Crippen molar-refractivity contribution in [3.05, 3.63) is 11.9 Å². The Morgan fingerprint density at radius 2 is 0.885 bits per heavy atom. The summed E-state index contributed by atoms with van der Waals surface area (Å²) < 4.78 is 0. The molecule has 0 aliphatic rings. The van der Waals surface area contributed by atoms with Crippen molar-refractivity contribution in [3.8, 4) is 0 Å². The molecule has 0 atom stereocenters. The maximum atomic E-state index is 3.66. The van der Waals surface area contributed by atoms with Gasteiger partial charge in [0, 0.05) is 13.1 Å². The molecule has 2 N–H and O–H groups in total. The lowest BCUT2D eigenvalue weighted by Gasteiger charge is -2.14. The second-order valence-electron chi connectivity index (χ2n) is 7.86. The lowest BCUT2D eigenvalue weighted by Crippen LogP contribution is -2.28. The Kier molecular flexibility index (Phi) is 21.8. The van der Waals surface area contributed by atoms with Crippen LogP contribution < -0.4 is 10.6 Å². The van der Waals surface area contributed by atoms with Crippen LogP contribution in [0.3, 0.4) is 0 Å². The minimum Gasteiger partial charge on any atom is -0.372 e. The summed E-state index contributed by atoms with van der Waals surface area (Å²) in [6, 6.07) is 0. The van der Waals surface area contributed by atoms with Gasteiger partial charge in [-0.25, -0.2) is 0 Å². The summed E-state index contributed by atoms with van der Waals surface area (Å²) in [5, 5.41) is 7.33. The Labute approximate surface area is 166 Å². The van der Waals surface area contributed by atoms with E-state index in [2.05, 4.69) is 37.5 Å². The van der Waals surface area contributed by atoms with Crippen molar-refractivity contribution in [2.45, 2.75) is 130 Å². The van der Waals surface area contributed by atoms with E-state index in [-0.39, 0.29) is 0 Å². The molecule has 0 aromatic carbocycles. The predicted octanol–water partition coefficient (Wildman–Crippen LogP) is 7.70. The van der Waals surface area contributed by atoms with E-state index in [1.807, 2.05) is 0 Å². The molecule has 156 valence electrons. The van der Waals surface area contributed by atoms with Gasteiger partial charge in [0.05, 0.1) is 5.82 Å². The maximum Gasteiger partial charge on any atom is 0.0945 e. The molecule has 2 heteroatoms. The molecule has 0 heterocycles. The largest absolute Gasteiger partial charge is 0.372 e. The van der Waals surface area contributed by atoms with Gasteiger partial charge in [-0.05, 0) is 31.8 Å². The number of hydrogen-bond acceptors (Lipinski definition) is 2. The summed E-state index contributed by atoms with van der Waals surface area (Å²) in [7, 11) is 0. The van der Waals surface area contributed by atoms with Gasteiger partial charge in [0.15, 0.2) is 0 Å². The molecule has 0 aliphatic heterocycles. The lowest BCUT2D eigenvalue weighted by atomic mass is 10.1. The second kappa shape index (κ2) is 22.4. The van der Waals surface area contributed by atoms with Crippen LogP contribution in [0.15, 0.2) is 11.9 Å². The fraction of sp³-hybridized carbons (Fsp3) is 0.917. The van der Waals surface area contributed by atoms with Crippen molar-refractivity contribution < 1.29 is 0 Å². The first-order valence-corrected chi connectivity index (χ1v) is 12.0. The van der Waals surface area contributed by atoms with Crippen LogP contribution in [0.1, 0.15) is 130 Å². The molecular weight excluding hydrogens is 316 g/mol. The van der Waals surface area contributed by atoms with Crippen LogP contribution in [-0.4, -0.2) is 13.1 Å². The first-order chi connectivity index (χ1) is 12.8. The molecule has 0 spiro atoms. The molecule has 0 bridgehead atoms. The van der Waals surface area contributed by atoms with Crippen LogP contribution in [0.5, 0.6) is 0 Å². The van der Waals surface area contributed by atoms with E-state index in [4.69, 9.17) is 0 Å². The molecule has 0 saturated carbocycles. The molecule has 0 fully saturated rings. The molecule has 26 heavy (non-hydrogen) atoms. The van der Waals surface area contributed by atoms with Crippen LogP contribution in [0.4, 0.5) is 0 Å². The molecule has 0 aliphatic carbocycles. The third-order valence-corrected chi connectivity index (χ3v) is 5.10. The Bertz CT molecular complexity index is 266. The van der Waals surface area contributed by atoms with Crippen LogP contribution in [0.2, 0.25) is 0 Å². The summed E-state index contributed by atoms with van der Waals surface area (Å²) in [4.78, 5) is 0. The molecule has 0 unspecified atom stereocenters. The highest BCUT2D eigenvalue weighted by Crippen LogP contribution is 2.07. The Hall–Kier alpha value is -0.660. The standard InChI is InChI=1S/C24H50N2/c1-4-7-10-13-16-19-22-25-24(21-18-15-12-9-6-3)26-23-20-17-14-11-8-5-2/h21,25-26H,4-20,22-23H2,1-3H3. The summed E-state index contributed by atoms with van der Waals surface area (Å²) in [6.07, 6.45) is 25.4. The average Bonchev–Trinajstić information content (AvgIpc) is 2.65. The van der Waals surface area contributed by atoms with Gasteiger partial charge in [-0.3, -0.25) is 0 Å². The first kappa shape index (κ1) is 25.3. The van der Waals surface area contributed by atoms with Crippen LogP contribution in [-0.2, 0) is 0 Å². The minimum absolute atomic E-state index is 1.12. The third kappa shape index (κ3) is 19.7. The van der Waals surface area contributed by atoms with Gasteiger partial charge in [0.2, 0.25) is 0 Å². The molecule has 0 saturated heterocycles. The number of hydrogen-bond donors (Lipinski definition) is 2. The van der Waals surface area contributed by atoms with Gasteiger partial charge in [-0.1, -0.05) is 104 Å².